The van der Waals surface area contributed by atoms with Gasteiger partial charge in [-0.15, -0.1) is 23.1 Å². The quantitative estimate of drug-likeness (QED) is 0.473. The second-order valence-electron chi connectivity index (χ2n) is 5.76. The molecular formula is C20H21N3S2. The van der Waals surface area contributed by atoms with Crippen molar-refractivity contribution in [2.45, 2.75) is 18.7 Å². The van der Waals surface area contributed by atoms with E-state index in [1.807, 2.05) is 10.9 Å². The first-order valence-corrected chi connectivity index (χ1v) is 10.1. The van der Waals surface area contributed by atoms with Crippen LogP contribution in [0.4, 0.5) is 0 Å². The molecule has 3 aromatic rings. The van der Waals surface area contributed by atoms with Crippen LogP contribution in [0.15, 0.2) is 62.8 Å². The molecule has 0 fully saturated rings. The van der Waals surface area contributed by atoms with E-state index < -0.39 is 0 Å². The highest BCUT2D eigenvalue weighted by molar-refractivity contribution is 7.98. The maximum atomic E-state index is 4.69. The number of thioether (sulfide) groups is 1. The molecule has 1 aromatic heterocycles. The average Bonchev–Trinajstić information content (AvgIpc) is 3.05. The Morgan fingerprint density at radius 2 is 1.80 bits per heavy atom. The molecule has 25 heavy (non-hydrogen) atoms. The van der Waals surface area contributed by atoms with E-state index in [1.165, 1.54) is 16.0 Å². The molecule has 0 bridgehead atoms. The van der Waals surface area contributed by atoms with Gasteiger partial charge in [-0.3, -0.25) is 4.99 Å². The first kappa shape index (κ1) is 17.7. The van der Waals surface area contributed by atoms with Crippen molar-refractivity contribution in [2.75, 3.05) is 13.3 Å². The second-order valence-corrected chi connectivity index (χ2v) is 7.47. The summed E-state index contributed by atoms with van der Waals surface area (Å²) in [5.74, 6) is 0. The lowest BCUT2D eigenvalue weighted by Gasteiger charge is -2.06. The number of nitrogens with zero attached hydrogens (tertiary/aromatic N) is 3. The molecule has 0 aliphatic carbocycles. The van der Waals surface area contributed by atoms with Crippen molar-refractivity contribution in [1.82, 2.24) is 4.68 Å². The highest BCUT2D eigenvalue weighted by atomic mass is 32.2. The molecule has 0 saturated heterocycles. The Hall–Kier alpha value is -2.11. The Labute approximate surface area is 156 Å². The smallest absolute Gasteiger partial charge is 0.205 e. The van der Waals surface area contributed by atoms with E-state index in [1.54, 1.807) is 30.1 Å². The van der Waals surface area contributed by atoms with Gasteiger partial charge in [-0.1, -0.05) is 24.3 Å². The topological polar surface area (TPSA) is 29.6 Å². The lowest BCUT2D eigenvalue weighted by molar-refractivity contribution is 0.848. The lowest BCUT2D eigenvalue weighted by Crippen LogP contribution is -2.11. The fraction of sp³-hybridized carbons (Fsp3) is 0.200. The maximum Gasteiger partial charge on any atom is 0.205 e. The van der Waals surface area contributed by atoms with Crippen LogP contribution in [0.5, 0.6) is 0 Å². The Morgan fingerprint density at radius 3 is 2.44 bits per heavy atom. The molecule has 0 N–H and O–H groups in total. The average molecular weight is 368 g/mol. The van der Waals surface area contributed by atoms with E-state index in [9.17, 15) is 0 Å². The molecule has 0 aliphatic heterocycles. The fourth-order valence-corrected chi connectivity index (χ4v) is 3.69. The van der Waals surface area contributed by atoms with Gasteiger partial charge in [0.1, 0.15) is 0 Å². The van der Waals surface area contributed by atoms with Crippen LogP contribution < -0.4 is 4.80 Å². The summed E-state index contributed by atoms with van der Waals surface area (Å²) in [5, 5.41) is 6.80. The van der Waals surface area contributed by atoms with Crippen molar-refractivity contribution in [3.05, 3.63) is 69.3 Å². The van der Waals surface area contributed by atoms with E-state index in [0.29, 0.717) is 0 Å². The molecule has 5 heteroatoms. The zero-order valence-corrected chi connectivity index (χ0v) is 16.5. The van der Waals surface area contributed by atoms with Crippen LogP contribution in [-0.2, 0) is 0 Å². The van der Waals surface area contributed by atoms with Gasteiger partial charge < -0.3 is 0 Å². The Bertz CT molecular complexity index is 963. The summed E-state index contributed by atoms with van der Waals surface area (Å²) in [6.45, 7) is 4.27. The van der Waals surface area contributed by atoms with Crippen molar-refractivity contribution >= 4 is 29.3 Å². The van der Waals surface area contributed by atoms with Crippen LogP contribution >= 0.6 is 23.1 Å². The van der Waals surface area contributed by atoms with Crippen LogP contribution in [0, 0.1) is 13.8 Å². The number of hydrogen-bond acceptors (Lipinski definition) is 4. The molecule has 0 aliphatic rings. The zero-order valence-electron chi connectivity index (χ0n) is 14.9. The van der Waals surface area contributed by atoms with E-state index in [-0.39, 0.29) is 0 Å². The highest BCUT2D eigenvalue weighted by Gasteiger charge is 2.08. The van der Waals surface area contributed by atoms with Crippen molar-refractivity contribution in [3.63, 3.8) is 0 Å². The summed E-state index contributed by atoms with van der Waals surface area (Å²) < 4.78 is 1.91. The summed E-state index contributed by atoms with van der Waals surface area (Å²) in [6, 6.07) is 14.9. The molecule has 0 unspecified atom stereocenters. The van der Waals surface area contributed by atoms with Crippen molar-refractivity contribution in [2.24, 2.45) is 10.1 Å². The molecule has 2 aromatic carbocycles. The van der Waals surface area contributed by atoms with Gasteiger partial charge >= 0.3 is 0 Å². The van der Waals surface area contributed by atoms with E-state index in [0.717, 1.165) is 21.6 Å². The number of benzene rings is 2. The minimum atomic E-state index is 0.880. The molecule has 128 valence electrons. The molecule has 0 atom stereocenters. The van der Waals surface area contributed by atoms with Crippen molar-refractivity contribution in [1.29, 1.82) is 0 Å². The Morgan fingerprint density at radius 1 is 1.04 bits per heavy atom. The highest BCUT2D eigenvalue weighted by Crippen LogP contribution is 2.23. The van der Waals surface area contributed by atoms with Crippen LogP contribution in [0.25, 0.3) is 11.3 Å². The predicted octanol–water partition coefficient (Wildman–Crippen LogP) is 4.97. The van der Waals surface area contributed by atoms with Crippen LogP contribution in [-0.4, -0.2) is 24.2 Å². The summed E-state index contributed by atoms with van der Waals surface area (Å²) in [4.78, 5) is 6.49. The van der Waals surface area contributed by atoms with Gasteiger partial charge in [-0.05, 0) is 55.0 Å². The molecule has 0 saturated carbocycles. The van der Waals surface area contributed by atoms with E-state index in [2.05, 4.69) is 72.9 Å². The van der Waals surface area contributed by atoms with E-state index >= 15 is 0 Å². The minimum absolute atomic E-state index is 0.880. The van der Waals surface area contributed by atoms with E-state index in [4.69, 9.17) is 5.10 Å². The van der Waals surface area contributed by atoms with Gasteiger partial charge in [-0.25, -0.2) is 4.68 Å². The van der Waals surface area contributed by atoms with Crippen LogP contribution in [0.1, 0.15) is 16.7 Å². The molecule has 1 heterocycles. The zero-order chi connectivity index (χ0) is 17.8. The summed E-state index contributed by atoms with van der Waals surface area (Å²) >= 11 is 3.34. The number of aromatic nitrogens is 1. The van der Waals surface area contributed by atoms with Crippen molar-refractivity contribution in [3.8, 4) is 11.3 Å². The number of aryl methyl sites for hydroxylation is 2. The van der Waals surface area contributed by atoms with Gasteiger partial charge in [-0.2, -0.15) is 5.10 Å². The normalized spacial score (nSPS) is 12.2. The summed E-state index contributed by atoms with van der Waals surface area (Å²) in [6.07, 6.45) is 3.96. The lowest BCUT2D eigenvalue weighted by atomic mass is 10.1. The molecule has 3 nitrogen and oxygen atoms in total. The third-order valence-electron chi connectivity index (χ3n) is 4.12. The molecule has 0 spiro atoms. The SMILES string of the molecule is CN=c1scc(-c2ccc(C)c(C)c2)n1N=Cc1ccc(SC)cc1. The maximum absolute atomic E-state index is 4.69. The molecule has 0 amide bonds. The number of thiazole rings is 1. The van der Waals surface area contributed by atoms with Crippen molar-refractivity contribution < 1.29 is 0 Å². The van der Waals surface area contributed by atoms with Gasteiger partial charge in [0, 0.05) is 22.9 Å². The third kappa shape index (κ3) is 3.94. The minimum Gasteiger partial charge on any atom is -0.261 e. The first-order chi connectivity index (χ1) is 12.1. The number of rotatable bonds is 4. The standard InChI is InChI=1S/C20H21N3S2/c1-14-5-8-17(11-15(14)2)19-13-25-20(21-3)23(19)22-12-16-6-9-18(24-4)10-7-16/h5-13H,1-4H3. The van der Waals surface area contributed by atoms with Gasteiger partial charge in [0.2, 0.25) is 4.80 Å². The number of hydrogen-bond donors (Lipinski definition) is 0. The largest absolute Gasteiger partial charge is 0.261 e. The van der Waals surface area contributed by atoms with Gasteiger partial charge in [0.15, 0.2) is 0 Å². The Kier molecular flexibility index (Phi) is 5.56. The second kappa shape index (κ2) is 7.85. The van der Waals surface area contributed by atoms with Gasteiger partial charge in [0.25, 0.3) is 0 Å². The third-order valence-corrected chi connectivity index (χ3v) is 5.77. The van der Waals surface area contributed by atoms with Crippen LogP contribution in [0.3, 0.4) is 0 Å². The van der Waals surface area contributed by atoms with Gasteiger partial charge in [0.05, 0.1) is 11.9 Å². The summed E-state index contributed by atoms with van der Waals surface area (Å²) in [5.41, 5.74) is 5.87. The molecule has 0 radical (unpaired) electrons. The first-order valence-electron chi connectivity index (χ1n) is 8.02. The monoisotopic (exact) mass is 367 g/mol. The fourth-order valence-electron chi connectivity index (χ4n) is 2.48. The molecular weight excluding hydrogens is 346 g/mol. The predicted molar refractivity (Wildman–Crippen MR) is 110 cm³/mol. The summed E-state index contributed by atoms with van der Waals surface area (Å²) in [7, 11) is 1.80. The molecule has 3 rings (SSSR count). The Balaban J connectivity index is 2.01. The van der Waals surface area contributed by atoms with Crippen LogP contribution in [0.2, 0.25) is 0 Å².